The molecule has 1 N–H and O–H groups in total. The Morgan fingerprint density at radius 2 is 0.889 bits per heavy atom. The summed E-state index contributed by atoms with van der Waals surface area (Å²) in [7, 11) is 0. The molecule has 264 valence electrons. The number of carbonyl (C=O) groups excluding carboxylic acids is 2. The Balaban J connectivity index is 3.55. The molecule has 0 aliphatic rings. The number of hydrogen-bond donors (Lipinski definition) is 1. The van der Waals surface area contributed by atoms with Crippen molar-refractivity contribution in [2.45, 2.75) is 206 Å². The van der Waals surface area contributed by atoms with Crippen molar-refractivity contribution in [3.8, 4) is 0 Å². The van der Waals surface area contributed by atoms with Crippen LogP contribution < -0.4 is 0 Å². The van der Waals surface area contributed by atoms with Crippen molar-refractivity contribution >= 4 is 11.9 Å². The Morgan fingerprint density at radius 1 is 0.511 bits per heavy atom. The molecule has 0 spiro atoms. The Hall–Kier alpha value is -1.62. The molecule has 0 fully saturated rings. The number of aliphatic hydroxyl groups excluding tert-OH is 1. The van der Waals surface area contributed by atoms with Crippen LogP contribution in [0.5, 0.6) is 0 Å². The van der Waals surface area contributed by atoms with E-state index >= 15 is 0 Å². The summed E-state index contributed by atoms with van der Waals surface area (Å²) in [5.41, 5.74) is 0. The molecule has 0 amide bonds. The van der Waals surface area contributed by atoms with Crippen molar-refractivity contribution in [1.82, 2.24) is 0 Å². The summed E-state index contributed by atoms with van der Waals surface area (Å²) in [6.07, 6.45) is 42.3. The normalized spacial score (nSPS) is 12.3. The minimum absolute atomic E-state index is 0.0674. The average molecular weight is 635 g/mol. The zero-order valence-corrected chi connectivity index (χ0v) is 29.9. The number of allylic oxidation sites excluding steroid dienone is 4. The first kappa shape index (κ1) is 43.4. The summed E-state index contributed by atoms with van der Waals surface area (Å²) in [5, 5.41) is 9.54. The fraction of sp³-hybridized carbons (Fsp3) is 0.850. The number of ether oxygens (including phenoxy) is 2. The second-order valence-corrected chi connectivity index (χ2v) is 13.0. The third-order valence-corrected chi connectivity index (χ3v) is 8.50. The van der Waals surface area contributed by atoms with E-state index in [9.17, 15) is 14.7 Å². The van der Waals surface area contributed by atoms with Crippen LogP contribution in [0.15, 0.2) is 24.3 Å². The summed E-state index contributed by atoms with van der Waals surface area (Å²) in [4.78, 5) is 24.2. The molecule has 0 saturated carbocycles. The first-order valence-electron chi connectivity index (χ1n) is 19.4. The Kier molecular flexibility index (Phi) is 35.5. The van der Waals surface area contributed by atoms with Crippen molar-refractivity contribution in [2.24, 2.45) is 0 Å². The lowest BCUT2D eigenvalue weighted by Crippen LogP contribution is -2.28. The Labute approximate surface area is 279 Å². The maximum atomic E-state index is 12.1. The fourth-order valence-electron chi connectivity index (χ4n) is 5.53. The van der Waals surface area contributed by atoms with E-state index in [1.54, 1.807) is 0 Å². The third kappa shape index (κ3) is 35.1. The van der Waals surface area contributed by atoms with Gasteiger partial charge in [-0.05, 0) is 44.9 Å². The fourth-order valence-corrected chi connectivity index (χ4v) is 5.53. The molecule has 1 atom stereocenters. The molecule has 5 nitrogen and oxygen atoms in total. The van der Waals surface area contributed by atoms with E-state index < -0.39 is 6.10 Å². The highest BCUT2D eigenvalue weighted by molar-refractivity contribution is 5.70. The van der Waals surface area contributed by atoms with Gasteiger partial charge in [0.1, 0.15) is 6.61 Å². The quantitative estimate of drug-likeness (QED) is 0.0426. The number of unbranched alkanes of at least 4 members (excludes halogenated alkanes) is 23. The van der Waals surface area contributed by atoms with E-state index in [1.165, 1.54) is 122 Å². The van der Waals surface area contributed by atoms with E-state index in [0.717, 1.165) is 51.4 Å². The summed E-state index contributed by atoms with van der Waals surface area (Å²) < 4.78 is 10.6. The molecular weight excluding hydrogens is 560 g/mol. The highest BCUT2D eigenvalue weighted by Crippen LogP contribution is 2.14. The van der Waals surface area contributed by atoms with Gasteiger partial charge in [0, 0.05) is 12.8 Å². The lowest BCUT2D eigenvalue weighted by atomic mass is 10.0. The Bertz CT molecular complexity index is 686. The van der Waals surface area contributed by atoms with Gasteiger partial charge in [-0.25, -0.2) is 0 Å². The van der Waals surface area contributed by atoms with E-state index in [1.807, 2.05) is 0 Å². The third-order valence-electron chi connectivity index (χ3n) is 8.50. The summed E-state index contributed by atoms with van der Waals surface area (Å²) >= 11 is 0. The largest absolute Gasteiger partial charge is 0.462 e. The maximum absolute atomic E-state index is 12.1. The standard InChI is InChI=1S/C40H74O5/c1-3-5-7-9-11-13-15-17-19-21-22-24-26-28-30-32-34-39(42)44-37-38(36-41)45-40(43)35-33-31-29-27-25-23-20-18-16-14-12-10-8-6-4-2/h12,14,18,20,38,41H,3-11,13,15-17,19,21-37H2,1-2H3/b14-12+,20-18+/t38-/m0/s1. The van der Waals surface area contributed by atoms with Gasteiger partial charge in [-0.2, -0.15) is 0 Å². The lowest BCUT2D eigenvalue weighted by molar-refractivity contribution is -0.161. The lowest BCUT2D eigenvalue weighted by Gasteiger charge is -2.15. The van der Waals surface area contributed by atoms with Gasteiger partial charge in [0.15, 0.2) is 6.10 Å². The van der Waals surface area contributed by atoms with Crippen LogP contribution in [0.4, 0.5) is 0 Å². The Morgan fingerprint density at radius 3 is 1.36 bits per heavy atom. The van der Waals surface area contributed by atoms with Crippen molar-refractivity contribution in [3.05, 3.63) is 24.3 Å². The first-order chi connectivity index (χ1) is 22.1. The van der Waals surface area contributed by atoms with Crippen LogP contribution in [0.2, 0.25) is 0 Å². The molecular formula is C40H74O5. The van der Waals surface area contributed by atoms with Gasteiger partial charge in [-0.15, -0.1) is 0 Å². The molecule has 0 aromatic carbocycles. The van der Waals surface area contributed by atoms with Crippen LogP contribution in [-0.2, 0) is 19.1 Å². The van der Waals surface area contributed by atoms with E-state index in [2.05, 4.69) is 38.2 Å². The van der Waals surface area contributed by atoms with Crippen LogP contribution in [0.3, 0.4) is 0 Å². The van der Waals surface area contributed by atoms with Crippen LogP contribution >= 0.6 is 0 Å². The van der Waals surface area contributed by atoms with E-state index in [0.29, 0.717) is 12.8 Å². The molecule has 0 bridgehead atoms. The van der Waals surface area contributed by atoms with Crippen molar-refractivity contribution in [2.75, 3.05) is 13.2 Å². The van der Waals surface area contributed by atoms with E-state index in [4.69, 9.17) is 9.47 Å². The minimum atomic E-state index is -0.773. The van der Waals surface area contributed by atoms with Crippen LogP contribution in [0.25, 0.3) is 0 Å². The molecule has 45 heavy (non-hydrogen) atoms. The monoisotopic (exact) mass is 635 g/mol. The molecule has 0 aliphatic carbocycles. The van der Waals surface area contributed by atoms with Crippen molar-refractivity contribution in [3.63, 3.8) is 0 Å². The topological polar surface area (TPSA) is 72.8 Å². The summed E-state index contributed by atoms with van der Waals surface area (Å²) in [5.74, 6) is -0.600. The highest BCUT2D eigenvalue weighted by Gasteiger charge is 2.16. The van der Waals surface area contributed by atoms with Crippen LogP contribution in [0.1, 0.15) is 200 Å². The minimum Gasteiger partial charge on any atom is -0.462 e. The molecule has 0 unspecified atom stereocenters. The summed E-state index contributed by atoms with van der Waals surface area (Å²) in [6.45, 7) is 4.11. The van der Waals surface area contributed by atoms with Gasteiger partial charge in [0.25, 0.3) is 0 Å². The number of aliphatic hydroxyl groups is 1. The van der Waals surface area contributed by atoms with Gasteiger partial charge in [-0.1, -0.05) is 167 Å². The zero-order valence-electron chi connectivity index (χ0n) is 29.9. The maximum Gasteiger partial charge on any atom is 0.306 e. The number of esters is 2. The van der Waals surface area contributed by atoms with Crippen LogP contribution in [-0.4, -0.2) is 36.4 Å². The average Bonchev–Trinajstić information content (AvgIpc) is 3.04. The van der Waals surface area contributed by atoms with Crippen molar-refractivity contribution < 1.29 is 24.2 Å². The van der Waals surface area contributed by atoms with Gasteiger partial charge in [-0.3, -0.25) is 9.59 Å². The van der Waals surface area contributed by atoms with Gasteiger partial charge in [0.2, 0.25) is 0 Å². The highest BCUT2D eigenvalue weighted by atomic mass is 16.6. The van der Waals surface area contributed by atoms with Crippen LogP contribution in [0, 0.1) is 0 Å². The SMILES string of the molecule is CCCCC/C=C/C/C=C/CCCCCCCC(=O)O[C@@H](CO)COC(=O)CCCCCCCCCCCCCCCCCC. The number of carbonyl (C=O) groups is 2. The first-order valence-corrected chi connectivity index (χ1v) is 19.4. The predicted molar refractivity (Wildman–Crippen MR) is 191 cm³/mol. The summed E-state index contributed by atoms with van der Waals surface area (Å²) in [6, 6.07) is 0. The number of rotatable bonds is 35. The van der Waals surface area contributed by atoms with Crippen molar-refractivity contribution in [1.29, 1.82) is 0 Å². The molecule has 0 rings (SSSR count). The molecule has 0 saturated heterocycles. The zero-order chi connectivity index (χ0) is 32.9. The van der Waals surface area contributed by atoms with E-state index in [-0.39, 0.29) is 25.2 Å². The second-order valence-electron chi connectivity index (χ2n) is 13.0. The molecule has 0 aromatic rings. The van der Waals surface area contributed by atoms with Gasteiger partial charge < -0.3 is 14.6 Å². The second kappa shape index (κ2) is 36.8. The van der Waals surface area contributed by atoms with Gasteiger partial charge in [0.05, 0.1) is 6.61 Å². The smallest absolute Gasteiger partial charge is 0.306 e. The molecule has 0 aliphatic heterocycles. The number of hydrogen-bond acceptors (Lipinski definition) is 5. The predicted octanol–water partition coefficient (Wildman–Crippen LogP) is 11.9. The molecule has 5 heteroatoms. The molecule has 0 heterocycles. The van der Waals surface area contributed by atoms with Gasteiger partial charge >= 0.3 is 11.9 Å². The molecule has 0 aromatic heterocycles. The molecule has 0 radical (unpaired) electrons.